The van der Waals surface area contributed by atoms with Crippen LogP contribution in [0.5, 0.6) is 0 Å². The molecule has 1 aliphatic rings. The molecule has 1 heteroatoms. The molecule has 0 aromatic heterocycles. The van der Waals surface area contributed by atoms with Crippen molar-refractivity contribution in [2.75, 3.05) is 0 Å². The second-order valence-electron chi connectivity index (χ2n) is 6.94. The highest BCUT2D eigenvalue weighted by atomic mass is 14.5. The minimum Gasteiger partial charge on any atom is -0.192 e. The van der Waals surface area contributed by atoms with Gasteiger partial charge in [0.25, 0.3) is 0 Å². The van der Waals surface area contributed by atoms with E-state index >= 15 is 0 Å². The van der Waals surface area contributed by atoms with Gasteiger partial charge in [0.05, 0.1) is 11.6 Å². The standard InChI is InChI=1S/C18H25N/c1-8-18(7)13(4)17(5,6)15-9-11(2)14(10-19)12(3)16(15)18/h9,13H,8H2,1-7H3/t13-,18-/m0/s1. The van der Waals surface area contributed by atoms with E-state index in [2.05, 4.69) is 60.6 Å². The first-order valence-corrected chi connectivity index (χ1v) is 7.27. The highest BCUT2D eigenvalue weighted by molar-refractivity contribution is 5.59. The van der Waals surface area contributed by atoms with E-state index in [1.54, 1.807) is 0 Å². The van der Waals surface area contributed by atoms with E-state index in [-0.39, 0.29) is 10.8 Å². The Bertz CT molecular complexity index is 574. The normalized spacial score (nSPS) is 28.0. The molecular weight excluding hydrogens is 230 g/mol. The summed E-state index contributed by atoms with van der Waals surface area (Å²) in [6.45, 7) is 15.9. The van der Waals surface area contributed by atoms with Crippen LogP contribution in [0.4, 0.5) is 0 Å². The van der Waals surface area contributed by atoms with Crippen LogP contribution < -0.4 is 0 Å². The predicted octanol–water partition coefficient (Wildman–Crippen LogP) is 4.77. The predicted molar refractivity (Wildman–Crippen MR) is 80.5 cm³/mol. The third-order valence-electron chi connectivity index (χ3n) is 5.92. The fourth-order valence-corrected chi connectivity index (χ4v) is 4.13. The molecule has 0 heterocycles. The van der Waals surface area contributed by atoms with Crippen molar-refractivity contribution >= 4 is 0 Å². The second kappa shape index (κ2) is 4.10. The van der Waals surface area contributed by atoms with Gasteiger partial charge in [0.15, 0.2) is 0 Å². The Hall–Kier alpha value is -1.29. The summed E-state index contributed by atoms with van der Waals surface area (Å²) >= 11 is 0. The Labute approximate surface area is 117 Å². The number of benzene rings is 1. The molecule has 0 spiro atoms. The third kappa shape index (κ3) is 1.59. The lowest BCUT2D eigenvalue weighted by molar-refractivity contribution is 0.239. The SMILES string of the molecule is CC[C@]1(C)c2c(cc(C)c(C#N)c2C)C(C)(C)[C@@H]1C. The van der Waals surface area contributed by atoms with Gasteiger partial charge in [-0.05, 0) is 59.3 Å². The molecule has 0 aliphatic heterocycles. The quantitative estimate of drug-likeness (QED) is 0.709. The summed E-state index contributed by atoms with van der Waals surface area (Å²) in [4.78, 5) is 0. The van der Waals surface area contributed by atoms with Gasteiger partial charge >= 0.3 is 0 Å². The van der Waals surface area contributed by atoms with Crippen LogP contribution in [0.2, 0.25) is 0 Å². The van der Waals surface area contributed by atoms with Gasteiger partial charge in [0.2, 0.25) is 0 Å². The number of rotatable bonds is 1. The Kier molecular flexibility index (Phi) is 3.05. The number of hydrogen-bond acceptors (Lipinski definition) is 1. The van der Waals surface area contributed by atoms with Crippen LogP contribution in [0.25, 0.3) is 0 Å². The number of nitrogens with zero attached hydrogens (tertiary/aromatic N) is 1. The van der Waals surface area contributed by atoms with Crippen molar-refractivity contribution in [3.8, 4) is 6.07 Å². The van der Waals surface area contributed by atoms with Crippen LogP contribution in [0.1, 0.15) is 68.9 Å². The zero-order chi connectivity index (χ0) is 14.6. The number of fused-ring (bicyclic) bond motifs is 1. The molecule has 0 radical (unpaired) electrons. The molecule has 19 heavy (non-hydrogen) atoms. The number of nitriles is 1. The van der Waals surface area contributed by atoms with E-state index in [1.807, 2.05) is 0 Å². The van der Waals surface area contributed by atoms with Crippen LogP contribution in [-0.2, 0) is 10.8 Å². The van der Waals surface area contributed by atoms with Gasteiger partial charge in [-0.2, -0.15) is 5.26 Å². The summed E-state index contributed by atoms with van der Waals surface area (Å²) in [5, 5.41) is 9.42. The topological polar surface area (TPSA) is 23.8 Å². The average molecular weight is 255 g/mol. The molecule has 0 N–H and O–H groups in total. The van der Waals surface area contributed by atoms with Gasteiger partial charge in [-0.3, -0.25) is 0 Å². The Balaban J connectivity index is 2.90. The third-order valence-corrected chi connectivity index (χ3v) is 5.92. The molecule has 1 aromatic rings. The first-order chi connectivity index (χ1) is 8.71. The highest BCUT2D eigenvalue weighted by Crippen LogP contribution is 2.56. The Morgan fingerprint density at radius 2 is 1.84 bits per heavy atom. The fourth-order valence-electron chi connectivity index (χ4n) is 4.13. The summed E-state index contributed by atoms with van der Waals surface area (Å²) in [7, 11) is 0. The van der Waals surface area contributed by atoms with E-state index in [9.17, 15) is 5.26 Å². The molecule has 1 aromatic carbocycles. The lowest BCUT2D eigenvalue weighted by Crippen LogP contribution is -2.33. The van der Waals surface area contributed by atoms with Crippen molar-refractivity contribution in [2.24, 2.45) is 5.92 Å². The average Bonchev–Trinajstić information content (AvgIpc) is 2.50. The van der Waals surface area contributed by atoms with Crippen molar-refractivity contribution in [1.82, 2.24) is 0 Å². The van der Waals surface area contributed by atoms with Crippen molar-refractivity contribution < 1.29 is 0 Å². The molecule has 2 rings (SSSR count). The van der Waals surface area contributed by atoms with Crippen LogP contribution in [0.15, 0.2) is 6.07 Å². The molecule has 1 aliphatic carbocycles. The minimum atomic E-state index is 0.183. The van der Waals surface area contributed by atoms with E-state index < -0.39 is 0 Å². The largest absolute Gasteiger partial charge is 0.192 e. The Morgan fingerprint density at radius 3 is 2.32 bits per heavy atom. The molecule has 2 atom stereocenters. The van der Waals surface area contributed by atoms with Crippen LogP contribution in [-0.4, -0.2) is 0 Å². The van der Waals surface area contributed by atoms with Gasteiger partial charge in [-0.1, -0.05) is 40.7 Å². The summed E-state index contributed by atoms with van der Waals surface area (Å²) in [6, 6.07) is 4.66. The summed E-state index contributed by atoms with van der Waals surface area (Å²) in [5.41, 5.74) is 6.47. The monoisotopic (exact) mass is 255 g/mol. The maximum Gasteiger partial charge on any atom is 0.0997 e. The molecule has 0 fully saturated rings. The summed E-state index contributed by atoms with van der Waals surface area (Å²) in [5.74, 6) is 0.590. The van der Waals surface area contributed by atoms with Gasteiger partial charge in [0.1, 0.15) is 0 Å². The maximum atomic E-state index is 9.42. The first kappa shape index (κ1) is 14.1. The van der Waals surface area contributed by atoms with E-state index in [4.69, 9.17) is 0 Å². The summed E-state index contributed by atoms with van der Waals surface area (Å²) < 4.78 is 0. The van der Waals surface area contributed by atoms with Gasteiger partial charge in [-0.15, -0.1) is 0 Å². The van der Waals surface area contributed by atoms with E-state index in [1.165, 1.54) is 16.7 Å². The zero-order valence-corrected chi connectivity index (χ0v) is 13.3. The molecule has 0 saturated heterocycles. The molecule has 102 valence electrons. The van der Waals surface area contributed by atoms with Crippen molar-refractivity contribution in [3.63, 3.8) is 0 Å². The lowest BCUT2D eigenvalue weighted by atomic mass is 9.68. The van der Waals surface area contributed by atoms with Gasteiger partial charge < -0.3 is 0 Å². The van der Waals surface area contributed by atoms with Crippen LogP contribution in [0, 0.1) is 31.1 Å². The maximum absolute atomic E-state index is 9.42. The first-order valence-electron chi connectivity index (χ1n) is 7.27. The lowest BCUT2D eigenvalue weighted by Gasteiger charge is -2.35. The van der Waals surface area contributed by atoms with Crippen molar-refractivity contribution in [3.05, 3.63) is 33.9 Å². The Morgan fingerprint density at radius 1 is 1.26 bits per heavy atom. The van der Waals surface area contributed by atoms with E-state index in [0.717, 1.165) is 17.5 Å². The molecule has 0 amide bonds. The van der Waals surface area contributed by atoms with Crippen LogP contribution in [0.3, 0.4) is 0 Å². The fraction of sp³-hybridized carbons (Fsp3) is 0.611. The zero-order valence-electron chi connectivity index (χ0n) is 13.3. The second-order valence-corrected chi connectivity index (χ2v) is 6.94. The number of hydrogen-bond donors (Lipinski definition) is 0. The van der Waals surface area contributed by atoms with Crippen molar-refractivity contribution in [1.29, 1.82) is 5.26 Å². The highest BCUT2D eigenvalue weighted by Gasteiger charge is 2.51. The van der Waals surface area contributed by atoms with Crippen molar-refractivity contribution in [2.45, 2.75) is 65.7 Å². The molecule has 0 saturated carbocycles. The smallest absolute Gasteiger partial charge is 0.0997 e. The molecule has 0 unspecified atom stereocenters. The molecular formula is C18H25N. The minimum absolute atomic E-state index is 0.183. The number of aryl methyl sites for hydroxylation is 1. The van der Waals surface area contributed by atoms with Crippen LogP contribution >= 0.6 is 0 Å². The van der Waals surface area contributed by atoms with E-state index in [0.29, 0.717) is 5.92 Å². The van der Waals surface area contributed by atoms with Gasteiger partial charge in [-0.25, -0.2) is 0 Å². The molecule has 1 nitrogen and oxygen atoms in total. The van der Waals surface area contributed by atoms with Gasteiger partial charge in [0, 0.05) is 0 Å². The molecule has 0 bridgehead atoms. The summed E-state index contributed by atoms with van der Waals surface area (Å²) in [6.07, 6.45) is 1.12.